The first-order valence-corrected chi connectivity index (χ1v) is 9.46. The molecule has 0 bridgehead atoms. The van der Waals surface area contributed by atoms with E-state index in [0.717, 1.165) is 28.8 Å². The number of para-hydroxylation sites is 1. The van der Waals surface area contributed by atoms with Gasteiger partial charge < -0.3 is 14.2 Å². The number of aromatic nitrogens is 2. The van der Waals surface area contributed by atoms with Crippen LogP contribution in [-0.4, -0.2) is 41.0 Å². The van der Waals surface area contributed by atoms with E-state index < -0.39 is 0 Å². The Labute approximate surface area is 154 Å². The highest BCUT2D eigenvalue weighted by molar-refractivity contribution is 7.99. The maximum Gasteiger partial charge on any atom is 0.237 e. The largest absolute Gasteiger partial charge is 0.383 e. The molecular weight excluding hydrogens is 334 g/mol. The first-order chi connectivity index (χ1) is 12.0. The molecule has 0 radical (unpaired) electrons. The number of thioether (sulfide) groups is 1. The Kier molecular flexibility index (Phi) is 7.08. The molecule has 0 N–H and O–H groups in total. The zero-order chi connectivity index (χ0) is 18.4. The van der Waals surface area contributed by atoms with Crippen LogP contribution in [0.3, 0.4) is 0 Å². The van der Waals surface area contributed by atoms with Gasteiger partial charge in [-0.2, -0.15) is 0 Å². The summed E-state index contributed by atoms with van der Waals surface area (Å²) in [5.74, 6) is 0.443. The molecule has 25 heavy (non-hydrogen) atoms. The third-order valence-corrected chi connectivity index (χ3v) is 5.05. The number of carbonyl (C=O) groups excluding carboxylic acids is 1. The lowest BCUT2D eigenvalue weighted by atomic mass is 10.2. The summed E-state index contributed by atoms with van der Waals surface area (Å²) < 4.78 is 7.31. The van der Waals surface area contributed by atoms with Crippen LogP contribution in [0.2, 0.25) is 0 Å². The standard InChI is InChI=1S/C19H27N3O2S/c1-14(2)22(17-9-7-6-8-10-17)18(23)13-25-19-20-15(3)16(4)21(19)11-12-24-5/h6-10,14H,11-13H2,1-5H3. The average Bonchev–Trinajstić information content (AvgIpc) is 2.86. The van der Waals surface area contributed by atoms with Gasteiger partial charge in [0.2, 0.25) is 5.91 Å². The Morgan fingerprint density at radius 1 is 1.28 bits per heavy atom. The van der Waals surface area contributed by atoms with Crippen molar-refractivity contribution in [3.63, 3.8) is 0 Å². The van der Waals surface area contributed by atoms with Gasteiger partial charge in [0.25, 0.3) is 0 Å². The van der Waals surface area contributed by atoms with E-state index in [1.165, 1.54) is 11.8 Å². The first kappa shape index (κ1) is 19.5. The molecule has 1 amide bonds. The van der Waals surface area contributed by atoms with Crippen molar-refractivity contribution in [3.05, 3.63) is 41.7 Å². The van der Waals surface area contributed by atoms with Crippen LogP contribution in [0.25, 0.3) is 0 Å². The third kappa shape index (κ3) is 4.86. The van der Waals surface area contributed by atoms with Crippen molar-refractivity contribution < 1.29 is 9.53 Å². The third-order valence-electron chi connectivity index (χ3n) is 4.09. The minimum atomic E-state index is 0.0859. The number of imidazole rings is 1. The van der Waals surface area contributed by atoms with Crippen LogP contribution < -0.4 is 4.90 Å². The summed E-state index contributed by atoms with van der Waals surface area (Å²) >= 11 is 1.49. The second-order valence-electron chi connectivity index (χ2n) is 6.19. The number of hydrogen-bond acceptors (Lipinski definition) is 4. The molecule has 0 unspecified atom stereocenters. The number of amides is 1. The number of benzene rings is 1. The van der Waals surface area contributed by atoms with Gasteiger partial charge in [-0.3, -0.25) is 4.79 Å². The van der Waals surface area contributed by atoms with Gasteiger partial charge in [-0.05, 0) is 39.8 Å². The molecule has 2 rings (SSSR count). The number of anilines is 1. The molecule has 136 valence electrons. The molecule has 0 aliphatic heterocycles. The number of nitrogens with zero attached hydrogens (tertiary/aromatic N) is 3. The molecule has 0 atom stereocenters. The Morgan fingerprint density at radius 3 is 2.56 bits per heavy atom. The molecule has 0 saturated carbocycles. The lowest BCUT2D eigenvalue weighted by molar-refractivity contribution is -0.116. The minimum absolute atomic E-state index is 0.0859. The van der Waals surface area contributed by atoms with Crippen molar-refractivity contribution >= 4 is 23.4 Å². The van der Waals surface area contributed by atoms with Gasteiger partial charge >= 0.3 is 0 Å². The quantitative estimate of drug-likeness (QED) is 0.673. The highest BCUT2D eigenvalue weighted by Crippen LogP contribution is 2.24. The predicted molar refractivity (Wildman–Crippen MR) is 103 cm³/mol. The van der Waals surface area contributed by atoms with Crippen LogP contribution in [0.1, 0.15) is 25.2 Å². The van der Waals surface area contributed by atoms with E-state index in [1.807, 2.05) is 62.9 Å². The number of rotatable bonds is 8. The van der Waals surface area contributed by atoms with Crippen LogP contribution >= 0.6 is 11.8 Å². The monoisotopic (exact) mass is 361 g/mol. The highest BCUT2D eigenvalue weighted by Gasteiger charge is 2.20. The molecule has 5 nitrogen and oxygen atoms in total. The molecule has 0 saturated heterocycles. The Morgan fingerprint density at radius 2 is 1.96 bits per heavy atom. The van der Waals surface area contributed by atoms with Gasteiger partial charge in [0.15, 0.2) is 5.16 Å². The maximum absolute atomic E-state index is 12.8. The minimum Gasteiger partial charge on any atom is -0.383 e. The summed E-state index contributed by atoms with van der Waals surface area (Å²) in [5.41, 5.74) is 3.05. The summed E-state index contributed by atoms with van der Waals surface area (Å²) in [4.78, 5) is 19.3. The van der Waals surface area contributed by atoms with Crippen molar-refractivity contribution in [1.82, 2.24) is 9.55 Å². The molecule has 1 aromatic heterocycles. The number of carbonyl (C=O) groups is 1. The summed E-state index contributed by atoms with van der Waals surface area (Å²) in [6.07, 6.45) is 0. The number of methoxy groups -OCH3 is 1. The zero-order valence-corrected chi connectivity index (χ0v) is 16.5. The molecule has 0 spiro atoms. The normalized spacial score (nSPS) is 11.1. The molecule has 1 heterocycles. The first-order valence-electron chi connectivity index (χ1n) is 8.48. The van der Waals surface area contributed by atoms with Crippen molar-refractivity contribution in [2.45, 2.75) is 45.4 Å². The Bertz CT molecular complexity index is 698. The second-order valence-corrected chi connectivity index (χ2v) is 7.13. The smallest absolute Gasteiger partial charge is 0.237 e. The SMILES string of the molecule is COCCn1c(SCC(=O)N(c2ccccc2)C(C)C)nc(C)c1C. The van der Waals surface area contributed by atoms with Crippen molar-refractivity contribution in [3.8, 4) is 0 Å². The van der Waals surface area contributed by atoms with Crippen LogP contribution in [0.4, 0.5) is 5.69 Å². The van der Waals surface area contributed by atoms with E-state index >= 15 is 0 Å². The summed E-state index contributed by atoms with van der Waals surface area (Å²) in [5, 5.41) is 0.872. The van der Waals surface area contributed by atoms with Crippen molar-refractivity contribution in [1.29, 1.82) is 0 Å². The number of hydrogen-bond donors (Lipinski definition) is 0. The molecular formula is C19H27N3O2S. The Hall–Kier alpha value is -1.79. The molecule has 2 aromatic rings. The number of aryl methyl sites for hydroxylation is 1. The summed E-state index contributed by atoms with van der Waals surface area (Å²) in [6, 6.07) is 9.91. The average molecular weight is 362 g/mol. The topological polar surface area (TPSA) is 47.4 Å². The summed E-state index contributed by atoms with van der Waals surface area (Å²) in [6.45, 7) is 9.47. The lowest BCUT2D eigenvalue weighted by Gasteiger charge is -2.26. The van der Waals surface area contributed by atoms with Gasteiger partial charge in [-0.15, -0.1) is 0 Å². The predicted octanol–water partition coefficient (Wildman–Crippen LogP) is 3.68. The highest BCUT2D eigenvalue weighted by atomic mass is 32.2. The molecule has 0 aliphatic rings. The van der Waals surface area contributed by atoms with Gasteiger partial charge in [-0.25, -0.2) is 4.98 Å². The van der Waals surface area contributed by atoms with E-state index in [2.05, 4.69) is 9.55 Å². The molecule has 0 fully saturated rings. The van der Waals surface area contributed by atoms with Crippen molar-refractivity contribution in [2.24, 2.45) is 0 Å². The van der Waals surface area contributed by atoms with Crippen molar-refractivity contribution in [2.75, 3.05) is 24.4 Å². The number of ether oxygens (including phenoxy) is 1. The fourth-order valence-corrected chi connectivity index (χ4v) is 3.67. The van der Waals surface area contributed by atoms with Crippen LogP contribution in [-0.2, 0) is 16.1 Å². The van der Waals surface area contributed by atoms with Gasteiger partial charge in [-0.1, -0.05) is 30.0 Å². The van der Waals surface area contributed by atoms with Crippen LogP contribution in [0.5, 0.6) is 0 Å². The maximum atomic E-state index is 12.8. The lowest BCUT2D eigenvalue weighted by Crippen LogP contribution is -2.38. The van der Waals surface area contributed by atoms with Crippen LogP contribution in [0, 0.1) is 13.8 Å². The van der Waals surface area contributed by atoms with E-state index in [0.29, 0.717) is 12.4 Å². The fraction of sp³-hybridized carbons (Fsp3) is 0.474. The zero-order valence-electron chi connectivity index (χ0n) is 15.7. The van der Waals surface area contributed by atoms with E-state index in [4.69, 9.17) is 4.74 Å². The van der Waals surface area contributed by atoms with Gasteiger partial charge in [0.05, 0.1) is 18.1 Å². The van der Waals surface area contributed by atoms with Gasteiger partial charge in [0, 0.05) is 31.1 Å². The molecule has 1 aromatic carbocycles. The van der Waals surface area contributed by atoms with Gasteiger partial charge in [0.1, 0.15) is 0 Å². The Balaban J connectivity index is 2.12. The fourth-order valence-electron chi connectivity index (χ4n) is 2.69. The molecule has 6 heteroatoms. The van der Waals surface area contributed by atoms with E-state index in [-0.39, 0.29) is 11.9 Å². The molecule has 0 aliphatic carbocycles. The second kappa shape index (κ2) is 9.06. The van der Waals surface area contributed by atoms with Crippen LogP contribution in [0.15, 0.2) is 35.5 Å². The van der Waals surface area contributed by atoms with E-state index in [9.17, 15) is 4.79 Å². The van der Waals surface area contributed by atoms with E-state index in [1.54, 1.807) is 7.11 Å². The summed E-state index contributed by atoms with van der Waals surface area (Å²) in [7, 11) is 1.69.